The van der Waals surface area contributed by atoms with Crippen LogP contribution in [-0.4, -0.2) is 11.8 Å². The van der Waals surface area contributed by atoms with Crippen molar-refractivity contribution in [1.82, 2.24) is 5.32 Å². The average molecular weight is 344 g/mol. The summed E-state index contributed by atoms with van der Waals surface area (Å²) in [6.07, 6.45) is 4.22. The molecular weight excluding hydrogens is 312 g/mol. The highest BCUT2D eigenvalue weighted by Gasteiger charge is 2.32. The lowest BCUT2D eigenvalue weighted by Gasteiger charge is -2.36. The van der Waals surface area contributed by atoms with Crippen LogP contribution in [0.3, 0.4) is 0 Å². The first-order valence-electron chi connectivity index (χ1n) is 9.34. The van der Waals surface area contributed by atoms with Gasteiger partial charge in [0.05, 0.1) is 6.04 Å². The lowest BCUT2D eigenvalue weighted by atomic mass is 9.69. The van der Waals surface area contributed by atoms with Gasteiger partial charge in [-0.3, -0.25) is 9.59 Å². The van der Waals surface area contributed by atoms with Crippen LogP contribution in [0.2, 0.25) is 0 Å². The van der Waals surface area contributed by atoms with Gasteiger partial charge in [-0.2, -0.15) is 0 Å². The molecule has 0 radical (unpaired) electrons. The van der Waals surface area contributed by atoms with Crippen LogP contribution >= 0.6 is 0 Å². The van der Waals surface area contributed by atoms with Crippen molar-refractivity contribution in [3.63, 3.8) is 0 Å². The average Bonchev–Trinajstić information content (AvgIpc) is 2.53. The molecule has 0 aliphatic heterocycles. The van der Waals surface area contributed by atoms with Gasteiger partial charge in [0.1, 0.15) is 0 Å². The Morgan fingerprint density at radius 2 is 1.76 bits per heavy atom. The van der Waals surface area contributed by atoms with Gasteiger partial charge in [0.2, 0.25) is 11.8 Å². The van der Waals surface area contributed by atoms with Gasteiger partial charge in [0.15, 0.2) is 0 Å². The van der Waals surface area contributed by atoms with Gasteiger partial charge < -0.3 is 10.6 Å². The Morgan fingerprint density at radius 1 is 1.12 bits per heavy atom. The lowest BCUT2D eigenvalue weighted by molar-refractivity contribution is -0.127. The van der Waals surface area contributed by atoms with E-state index < -0.39 is 0 Å². The van der Waals surface area contributed by atoms with Crippen molar-refractivity contribution in [1.29, 1.82) is 0 Å². The van der Waals surface area contributed by atoms with Gasteiger partial charge in [-0.1, -0.05) is 32.9 Å². The maximum Gasteiger partial charge on any atom is 0.223 e. The monoisotopic (exact) mass is 344 g/mol. The number of rotatable bonds is 4. The molecule has 0 heterocycles. The van der Waals surface area contributed by atoms with Gasteiger partial charge >= 0.3 is 0 Å². The summed E-state index contributed by atoms with van der Waals surface area (Å²) in [5, 5.41) is 5.93. The summed E-state index contributed by atoms with van der Waals surface area (Å²) in [7, 11) is 0. The molecule has 1 fully saturated rings. The number of hydrogen-bond acceptors (Lipinski definition) is 2. The van der Waals surface area contributed by atoms with Crippen molar-refractivity contribution in [3.8, 4) is 0 Å². The van der Waals surface area contributed by atoms with Gasteiger partial charge in [0.25, 0.3) is 0 Å². The first-order chi connectivity index (χ1) is 11.7. The molecule has 0 spiro atoms. The Bertz CT molecular complexity index is 611. The van der Waals surface area contributed by atoms with E-state index in [4.69, 9.17) is 0 Å². The van der Waals surface area contributed by atoms with E-state index in [0.29, 0.717) is 11.3 Å². The quantitative estimate of drug-likeness (QED) is 0.833. The van der Waals surface area contributed by atoms with Crippen molar-refractivity contribution < 1.29 is 9.59 Å². The summed E-state index contributed by atoms with van der Waals surface area (Å²) in [6, 6.07) is 7.59. The summed E-state index contributed by atoms with van der Waals surface area (Å²) >= 11 is 0. The van der Waals surface area contributed by atoms with E-state index in [2.05, 4.69) is 31.4 Å². The van der Waals surface area contributed by atoms with E-state index in [1.54, 1.807) is 0 Å². The van der Waals surface area contributed by atoms with Gasteiger partial charge in [0, 0.05) is 18.5 Å². The molecule has 25 heavy (non-hydrogen) atoms. The van der Waals surface area contributed by atoms with Crippen LogP contribution in [0.4, 0.5) is 5.69 Å². The van der Waals surface area contributed by atoms with Crippen LogP contribution in [-0.2, 0) is 9.59 Å². The molecule has 2 N–H and O–H groups in total. The molecule has 2 amide bonds. The molecule has 1 aliphatic rings. The summed E-state index contributed by atoms with van der Waals surface area (Å²) in [5.74, 6) is 0.900. The van der Waals surface area contributed by atoms with Crippen molar-refractivity contribution in [3.05, 3.63) is 29.8 Å². The van der Waals surface area contributed by atoms with Crippen LogP contribution in [0, 0.1) is 17.3 Å². The SMILES string of the molecule is CC(=O)Nc1cccc(C(C)NC(=O)C2CCC(C(C)(C)C)CC2)c1. The number of nitrogens with one attached hydrogen (secondary N) is 2. The summed E-state index contributed by atoms with van der Waals surface area (Å²) in [4.78, 5) is 23.8. The maximum atomic E-state index is 12.6. The third-order valence-corrected chi connectivity index (χ3v) is 5.39. The van der Waals surface area contributed by atoms with Crippen LogP contribution in [0.15, 0.2) is 24.3 Å². The van der Waals surface area contributed by atoms with Crippen LogP contribution in [0.5, 0.6) is 0 Å². The number of benzene rings is 1. The van der Waals surface area contributed by atoms with Crippen LogP contribution < -0.4 is 10.6 Å². The Labute approximate surface area is 151 Å². The maximum absolute atomic E-state index is 12.6. The Hall–Kier alpha value is -1.84. The Balaban J connectivity index is 1.91. The fraction of sp³-hybridized carbons (Fsp3) is 0.619. The molecule has 2 rings (SSSR count). The highest BCUT2D eigenvalue weighted by molar-refractivity contribution is 5.88. The molecule has 1 aromatic carbocycles. The first kappa shape index (κ1) is 19.5. The number of carbonyl (C=O) groups excluding carboxylic acids is 2. The second-order valence-electron chi connectivity index (χ2n) is 8.45. The van der Waals surface area contributed by atoms with Gasteiger partial charge in [-0.05, 0) is 61.6 Å². The van der Waals surface area contributed by atoms with Crippen molar-refractivity contribution >= 4 is 17.5 Å². The molecule has 138 valence electrons. The number of hydrogen-bond donors (Lipinski definition) is 2. The van der Waals surface area contributed by atoms with Gasteiger partial charge in [-0.15, -0.1) is 0 Å². The third-order valence-electron chi connectivity index (χ3n) is 5.39. The fourth-order valence-electron chi connectivity index (χ4n) is 3.73. The third kappa shape index (κ3) is 5.58. The minimum absolute atomic E-state index is 0.0680. The van der Waals surface area contributed by atoms with E-state index in [1.165, 1.54) is 6.92 Å². The zero-order valence-corrected chi connectivity index (χ0v) is 16.2. The Morgan fingerprint density at radius 3 is 2.32 bits per heavy atom. The molecule has 1 aliphatic carbocycles. The molecule has 0 aromatic heterocycles. The summed E-state index contributed by atoms with van der Waals surface area (Å²) < 4.78 is 0. The van der Waals surface area contributed by atoms with E-state index >= 15 is 0 Å². The lowest BCUT2D eigenvalue weighted by Crippen LogP contribution is -2.36. The number of anilines is 1. The van der Waals surface area contributed by atoms with Crippen molar-refractivity contribution in [2.45, 2.75) is 66.3 Å². The number of carbonyl (C=O) groups is 2. The predicted molar refractivity (Wildman–Crippen MR) is 102 cm³/mol. The van der Waals surface area contributed by atoms with E-state index in [9.17, 15) is 9.59 Å². The zero-order valence-electron chi connectivity index (χ0n) is 16.2. The standard InChI is InChI=1S/C21H32N2O2/c1-14(17-7-6-8-19(13-17)23-15(2)24)22-20(25)16-9-11-18(12-10-16)21(3,4)5/h6-8,13-14,16,18H,9-12H2,1-5H3,(H,22,25)(H,23,24). The molecular formula is C21H32N2O2. The molecule has 4 heteroatoms. The molecule has 1 unspecified atom stereocenters. The molecule has 1 saturated carbocycles. The minimum Gasteiger partial charge on any atom is -0.349 e. The summed E-state index contributed by atoms with van der Waals surface area (Å²) in [6.45, 7) is 10.4. The zero-order chi connectivity index (χ0) is 18.6. The fourth-order valence-corrected chi connectivity index (χ4v) is 3.73. The minimum atomic E-state index is -0.0931. The molecule has 0 saturated heterocycles. The first-order valence-corrected chi connectivity index (χ1v) is 9.34. The van der Waals surface area contributed by atoms with Crippen LogP contribution in [0.1, 0.15) is 71.9 Å². The molecule has 1 atom stereocenters. The largest absolute Gasteiger partial charge is 0.349 e. The highest BCUT2D eigenvalue weighted by Crippen LogP contribution is 2.40. The van der Waals surface area contributed by atoms with E-state index in [-0.39, 0.29) is 23.8 Å². The molecule has 4 nitrogen and oxygen atoms in total. The Kier molecular flexibility index (Phi) is 6.26. The summed E-state index contributed by atoms with van der Waals surface area (Å²) in [5.41, 5.74) is 2.10. The predicted octanol–water partition coefficient (Wildman–Crippen LogP) is 4.67. The smallest absolute Gasteiger partial charge is 0.223 e. The van der Waals surface area contributed by atoms with Crippen molar-refractivity contribution in [2.24, 2.45) is 17.3 Å². The van der Waals surface area contributed by atoms with Crippen LogP contribution in [0.25, 0.3) is 0 Å². The highest BCUT2D eigenvalue weighted by atomic mass is 16.2. The topological polar surface area (TPSA) is 58.2 Å². The second-order valence-corrected chi connectivity index (χ2v) is 8.45. The molecule has 0 bridgehead atoms. The van der Waals surface area contributed by atoms with Gasteiger partial charge in [-0.25, -0.2) is 0 Å². The number of amides is 2. The van der Waals surface area contributed by atoms with E-state index in [0.717, 1.165) is 36.9 Å². The van der Waals surface area contributed by atoms with Crippen molar-refractivity contribution in [2.75, 3.05) is 5.32 Å². The normalized spacial score (nSPS) is 22.1. The van der Waals surface area contributed by atoms with E-state index in [1.807, 2.05) is 31.2 Å². The second kappa shape index (κ2) is 8.03. The molecule has 1 aromatic rings.